The van der Waals surface area contributed by atoms with Gasteiger partial charge < -0.3 is 15.0 Å². The van der Waals surface area contributed by atoms with Crippen LogP contribution in [0.5, 0.6) is 0 Å². The Morgan fingerprint density at radius 3 is 2.57 bits per heavy atom. The first-order valence-corrected chi connectivity index (χ1v) is 8.54. The molecule has 1 aromatic carbocycles. The Kier molecular flexibility index (Phi) is 7.40. The molecule has 0 radical (unpaired) electrons. The summed E-state index contributed by atoms with van der Waals surface area (Å²) in [4.78, 5) is 13.7. The van der Waals surface area contributed by atoms with E-state index in [-0.39, 0.29) is 6.09 Å². The lowest BCUT2D eigenvalue weighted by molar-refractivity contribution is 0.0285. The fraction of sp³-hybridized carbons (Fsp3) is 0.632. The van der Waals surface area contributed by atoms with E-state index in [4.69, 9.17) is 4.74 Å². The van der Waals surface area contributed by atoms with Gasteiger partial charge in [-0.3, -0.25) is 0 Å². The highest BCUT2D eigenvalue weighted by molar-refractivity contribution is 5.67. The molecule has 4 nitrogen and oxygen atoms in total. The SMILES string of the molecule is CCCC(CC)Nc1cccc(CN(C)C(=O)OC(C)(C)C)c1. The summed E-state index contributed by atoms with van der Waals surface area (Å²) >= 11 is 0. The number of rotatable bonds is 7. The van der Waals surface area contributed by atoms with Crippen LogP contribution in [0.25, 0.3) is 0 Å². The number of hydrogen-bond acceptors (Lipinski definition) is 3. The zero-order chi connectivity index (χ0) is 17.5. The van der Waals surface area contributed by atoms with Crippen molar-refractivity contribution in [1.29, 1.82) is 0 Å². The number of ether oxygens (including phenoxy) is 1. The molecule has 130 valence electrons. The number of carbonyl (C=O) groups excluding carboxylic acids is 1. The minimum atomic E-state index is -0.469. The van der Waals surface area contributed by atoms with Crippen molar-refractivity contribution in [2.24, 2.45) is 0 Å². The summed E-state index contributed by atoms with van der Waals surface area (Å²) in [5, 5.41) is 3.58. The molecule has 0 aliphatic rings. The Hall–Kier alpha value is -1.71. The third-order valence-electron chi connectivity index (χ3n) is 3.55. The van der Waals surface area contributed by atoms with Crippen LogP contribution in [0.2, 0.25) is 0 Å². The summed E-state index contributed by atoms with van der Waals surface area (Å²) in [6, 6.07) is 8.75. The van der Waals surface area contributed by atoms with Crippen LogP contribution in [-0.2, 0) is 11.3 Å². The first kappa shape index (κ1) is 19.3. The molecule has 23 heavy (non-hydrogen) atoms. The van der Waals surface area contributed by atoms with E-state index in [9.17, 15) is 4.79 Å². The zero-order valence-electron chi connectivity index (χ0n) is 15.5. The summed E-state index contributed by atoms with van der Waals surface area (Å²) in [6.45, 7) is 10.6. The molecule has 0 aliphatic heterocycles. The Labute approximate surface area is 141 Å². The highest BCUT2D eigenvalue weighted by atomic mass is 16.6. The van der Waals surface area contributed by atoms with Crippen LogP contribution in [0.1, 0.15) is 59.4 Å². The minimum absolute atomic E-state index is 0.298. The van der Waals surface area contributed by atoms with E-state index in [1.165, 1.54) is 12.8 Å². The molecule has 1 amide bonds. The summed E-state index contributed by atoms with van der Waals surface area (Å²) in [5.74, 6) is 0. The van der Waals surface area contributed by atoms with Gasteiger partial charge in [0.15, 0.2) is 0 Å². The second-order valence-corrected chi connectivity index (χ2v) is 7.07. The molecule has 1 unspecified atom stereocenters. The van der Waals surface area contributed by atoms with Gasteiger partial charge in [-0.15, -0.1) is 0 Å². The Bertz CT molecular complexity index is 494. The van der Waals surface area contributed by atoms with E-state index in [0.29, 0.717) is 12.6 Å². The molecule has 1 rings (SSSR count). The number of hydrogen-bond donors (Lipinski definition) is 1. The van der Waals surface area contributed by atoms with Crippen LogP contribution in [0, 0.1) is 0 Å². The fourth-order valence-corrected chi connectivity index (χ4v) is 2.40. The van der Waals surface area contributed by atoms with Crippen LogP contribution >= 0.6 is 0 Å². The molecule has 0 saturated carbocycles. The Morgan fingerprint density at radius 2 is 2.00 bits per heavy atom. The van der Waals surface area contributed by atoms with Crippen LogP contribution in [0.3, 0.4) is 0 Å². The van der Waals surface area contributed by atoms with Gasteiger partial charge in [-0.2, -0.15) is 0 Å². The largest absolute Gasteiger partial charge is 0.444 e. The van der Waals surface area contributed by atoms with Crippen molar-refractivity contribution in [3.63, 3.8) is 0 Å². The van der Waals surface area contributed by atoms with Gasteiger partial charge in [0.05, 0.1) is 0 Å². The van der Waals surface area contributed by atoms with E-state index in [0.717, 1.165) is 17.7 Å². The van der Waals surface area contributed by atoms with Crippen molar-refractivity contribution in [1.82, 2.24) is 4.90 Å². The predicted molar refractivity (Wildman–Crippen MR) is 96.8 cm³/mol. The average molecular weight is 320 g/mol. The molecular weight excluding hydrogens is 288 g/mol. The maximum absolute atomic E-state index is 12.0. The third-order valence-corrected chi connectivity index (χ3v) is 3.55. The average Bonchev–Trinajstić information content (AvgIpc) is 2.45. The van der Waals surface area contributed by atoms with Gasteiger partial charge in [0.25, 0.3) is 0 Å². The van der Waals surface area contributed by atoms with Gasteiger partial charge in [0.1, 0.15) is 5.60 Å². The predicted octanol–water partition coefficient (Wildman–Crippen LogP) is 5.04. The van der Waals surface area contributed by atoms with E-state index in [2.05, 4.69) is 31.3 Å². The molecule has 0 spiro atoms. The van der Waals surface area contributed by atoms with Crippen LogP contribution < -0.4 is 5.32 Å². The standard InChI is InChI=1S/C19H32N2O2/c1-7-10-16(8-2)20-17-12-9-11-15(13-17)14-21(6)18(22)23-19(3,4)5/h9,11-13,16,20H,7-8,10,14H2,1-6H3. The number of amides is 1. The van der Waals surface area contributed by atoms with Gasteiger partial charge in [-0.1, -0.05) is 32.4 Å². The summed E-state index contributed by atoms with van der Waals surface area (Å²) < 4.78 is 5.39. The van der Waals surface area contributed by atoms with Gasteiger partial charge in [-0.25, -0.2) is 4.79 Å². The molecule has 1 aromatic rings. The van der Waals surface area contributed by atoms with Gasteiger partial charge in [0.2, 0.25) is 0 Å². The lowest BCUT2D eigenvalue weighted by Crippen LogP contribution is -2.33. The van der Waals surface area contributed by atoms with Crippen molar-refractivity contribution in [2.45, 2.75) is 72.1 Å². The first-order valence-electron chi connectivity index (χ1n) is 8.54. The van der Waals surface area contributed by atoms with Crippen molar-refractivity contribution >= 4 is 11.8 Å². The first-order chi connectivity index (χ1) is 10.7. The van der Waals surface area contributed by atoms with Crippen LogP contribution in [-0.4, -0.2) is 29.7 Å². The normalized spacial score (nSPS) is 12.6. The minimum Gasteiger partial charge on any atom is -0.444 e. The summed E-state index contributed by atoms with van der Waals surface area (Å²) in [7, 11) is 1.76. The van der Waals surface area contributed by atoms with E-state index in [1.54, 1.807) is 11.9 Å². The molecule has 0 saturated heterocycles. The maximum Gasteiger partial charge on any atom is 0.410 e. The lowest BCUT2D eigenvalue weighted by atomic mass is 10.1. The summed E-state index contributed by atoms with van der Waals surface area (Å²) in [5.41, 5.74) is 1.73. The van der Waals surface area contributed by atoms with Gasteiger partial charge in [-0.05, 0) is 51.3 Å². The zero-order valence-corrected chi connectivity index (χ0v) is 15.5. The van der Waals surface area contributed by atoms with Crippen molar-refractivity contribution in [3.8, 4) is 0 Å². The maximum atomic E-state index is 12.0. The van der Waals surface area contributed by atoms with Crippen molar-refractivity contribution in [2.75, 3.05) is 12.4 Å². The molecule has 0 bridgehead atoms. The molecule has 0 heterocycles. The number of anilines is 1. The monoisotopic (exact) mass is 320 g/mol. The topological polar surface area (TPSA) is 41.6 Å². The number of carbonyl (C=O) groups is 1. The number of benzene rings is 1. The van der Waals surface area contributed by atoms with Crippen molar-refractivity contribution < 1.29 is 9.53 Å². The smallest absolute Gasteiger partial charge is 0.410 e. The van der Waals surface area contributed by atoms with Crippen LogP contribution in [0.4, 0.5) is 10.5 Å². The fourth-order valence-electron chi connectivity index (χ4n) is 2.40. The van der Waals surface area contributed by atoms with Crippen molar-refractivity contribution in [3.05, 3.63) is 29.8 Å². The van der Waals surface area contributed by atoms with E-state index >= 15 is 0 Å². The highest BCUT2D eigenvalue weighted by Gasteiger charge is 2.19. The molecule has 0 fully saturated rings. The van der Waals surface area contributed by atoms with Gasteiger partial charge >= 0.3 is 6.09 Å². The Balaban J connectivity index is 2.67. The van der Waals surface area contributed by atoms with Gasteiger partial charge in [0, 0.05) is 25.3 Å². The quantitative estimate of drug-likeness (QED) is 0.765. The number of nitrogens with one attached hydrogen (secondary N) is 1. The second-order valence-electron chi connectivity index (χ2n) is 7.07. The summed E-state index contributed by atoms with van der Waals surface area (Å²) in [6.07, 6.45) is 3.15. The molecule has 1 atom stereocenters. The van der Waals surface area contributed by atoms with Crippen LogP contribution in [0.15, 0.2) is 24.3 Å². The second kappa shape index (κ2) is 8.80. The lowest BCUT2D eigenvalue weighted by Gasteiger charge is -2.25. The highest BCUT2D eigenvalue weighted by Crippen LogP contribution is 2.17. The Morgan fingerprint density at radius 1 is 1.30 bits per heavy atom. The molecule has 1 N–H and O–H groups in total. The molecular formula is C19H32N2O2. The molecule has 0 aromatic heterocycles. The van der Waals surface area contributed by atoms with E-state index in [1.807, 2.05) is 32.9 Å². The third kappa shape index (κ3) is 7.40. The molecule has 4 heteroatoms. The molecule has 0 aliphatic carbocycles. The van der Waals surface area contributed by atoms with E-state index < -0.39 is 5.60 Å². The number of nitrogens with zero attached hydrogens (tertiary/aromatic N) is 1.